The topological polar surface area (TPSA) is 116 Å². The van der Waals surface area contributed by atoms with Crippen molar-refractivity contribution in [3.63, 3.8) is 0 Å². The molecule has 0 radical (unpaired) electrons. The number of rotatable bonds is 8. The fourth-order valence-electron chi connectivity index (χ4n) is 3.56. The van der Waals surface area contributed by atoms with Crippen molar-refractivity contribution < 1.29 is 18.3 Å². The molecule has 1 amide bonds. The second kappa shape index (κ2) is 10.5. The lowest BCUT2D eigenvalue weighted by Crippen LogP contribution is -2.27. The minimum absolute atomic E-state index is 0.0165. The first-order valence-corrected chi connectivity index (χ1v) is 10.4. The molecule has 0 aliphatic heterocycles. The van der Waals surface area contributed by atoms with E-state index in [1.807, 2.05) is 6.07 Å². The monoisotopic (exact) mass is 463 g/mol. The van der Waals surface area contributed by atoms with Gasteiger partial charge in [-0.2, -0.15) is 5.26 Å². The smallest absolute Gasteiger partial charge is 0.254 e. The molecule has 0 unspecified atom stereocenters. The van der Waals surface area contributed by atoms with Crippen LogP contribution in [-0.4, -0.2) is 35.7 Å². The number of ether oxygens (including phenoxy) is 1. The number of nitrogens with zero attached hydrogens (tertiary/aromatic N) is 3. The molecule has 9 heteroatoms. The van der Waals surface area contributed by atoms with E-state index in [0.29, 0.717) is 16.7 Å². The minimum atomic E-state index is -0.868. The lowest BCUT2D eigenvalue weighted by atomic mass is 9.99. The number of nitrogens with two attached hydrogens (primary N) is 1. The van der Waals surface area contributed by atoms with Crippen LogP contribution in [0.25, 0.3) is 11.1 Å². The number of alkyl halides is 1. The van der Waals surface area contributed by atoms with E-state index in [0.717, 1.165) is 12.3 Å². The molecule has 3 aromatic rings. The SMILES string of the molecule is CCOc1cc(C(=O)N(C)Cc2cnc(CF)c(C=N)c2N)cc(F)c1-c1cccc(C#N)c1. The summed E-state index contributed by atoms with van der Waals surface area (Å²) in [6, 6.07) is 11.1. The molecule has 0 bridgehead atoms. The third kappa shape index (κ3) is 4.86. The Morgan fingerprint density at radius 3 is 2.76 bits per heavy atom. The van der Waals surface area contributed by atoms with Crippen LogP contribution < -0.4 is 10.5 Å². The standard InChI is InChI=1S/C25H23F2N5O2/c1-3-34-22-9-17(8-20(27)23(22)16-6-4-5-15(7-16)11-28)25(33)32(2)14-18-13-31-21(10-26)19(12-29)24(18)30/h4-9,12-13,29H,3,10,14H2,1-2H3,(H2,30,31). The highest BCUT2D eigenvalue weighted by Gasteiger charge is 2.21. The Kier molecular flexibility index (Phi) is 7.53. The van der Waals surface area contributed by atoms with Crippen LogP contribution in [0.2, 0.25) is 0 Å². The van der Waals surface area contributed by atoms with Gasteiger partial charge in [0.05, 0.1) is 29.5 Å². The number of nitriles is 1. The van der Waals surface area contributed by atoms with Crippen LogP contribution in [0.4, 0.5) is 14.5 Å². The predicted octanol–water partition coefficient (Wildman–Crippen LogP) is 4.48. The number of nitrogens with one attached hydrogen (secondary N) is 1. The van der Waals surface area contributed by atoms with E-state index < -0.39 is 18.4 Å². The molecule has 174 valence electrons. The van der Waals surface area contributed by atoms with Crippen LogP contribution in [0, 0.1) is 22.6 Å². The molecular weight excluding hydrogens is 440 g/mol. The number of hydrogen-bond donors (Lipinski definition) is 2. The Labute approximate surface area is 195 Å². The van der Waals surface area contributed by atoms with Crippen LogP contribution in [0.1, 0.15) is 39.7 Å². The molecule has 0 fully saturated rings. The second-order valence-electron chi connectivity index (χ2n) is 7.45. The Morgan fingerprint density at radius 2 is 2.12 bits per heavy atom. The Bertz CT molecular complexity index is 1290. The summed E-state index contributed by atoms with van der Waals surface area (Å²) in [4.78, 5) is 18.4. The molecule has 2 aromatic carbocycles. The Balaban J connectivity index is 1.96. The van der Waals surface area contributed by atoms with Crippen molar-refractivity contribution in [1.29, 1.82) is 10.7 Å². The van der Waals surface area contributed by atoms with Crippen molar-refractivity contribution in [2.75, 3.05) is 19.4 Å². The van der Waals surface area contributed by atoms with E-state index in [4.69, 9.17) is 21.1 Å². The summed E-state index contributed by atoms with van der Waals surface area (Å²) >= 11 is 0. The molecule has 1 heterocycles. The zero-order valence-electron chi connectivity index (χ0n) is 18.7. The maximum Gasteiger partial charge on any atom is 0.254 e. The molecule has 0 saturated heterocycles. The quantitative estimate of drug-likeness (QED) is 0.478. The van der Waals surface area contributed by atoms with Gasteiger partial charge in [-0.25, -0.2) is 8.78 Å². The number of aromatic nitrogens is 1. The van der Waals surface area contributed by atoms with Gasteiger partial charge in [0.15, 0.2) is 0 Å². The minimum Gasteiger partial charge on any atom is -0.493 e. The molecule has 0 aliphatic rings. The number of amides is 1. The van der Waals surface area contributed by atoms with Crippen molar-refractivity contribution in [3.05, 3.63) is 76.4 Å². The summed E-state index contributed by atoms with van der Waals surface area (Å²) < 4.78 is 33.9. The molecule has 0 spiro atoms. The van der Waals surface area contributed by atoms with Crippen molar-refractivity contribution in [2.24, 2.45) is 0 Å². The van der Waals surface area contributed by atoms with E-state index in [1.54, 1.807) is 31.2 Å². The normalized spacial score (nSPS) is 10.4. The van der Waals surface area contributed by atoms with Crippen LogP contribution in [-0.2, 0) is 13.2 Å². The summed E-state index contributed by atoms with van der Waals surface area (Å²) in [7, 11) is 1.51. The second-order valence-corrected chi connectivity index (χ2v) is 7.45. The summed E-state index contributed by atoms with van der Waals surface area (Å²) in [6.07, 6.45) is 2.28. The Hall–Kier alpha value is -4.32. The van der Waals surface area contributed by atoms with Gasteiger partial charge < -0.3 is 20.8 Å². The maximum atomic E-state index is 15.2. The summed E-state index contributed by atoms with van der Waals surface area (Å²) in [6.45, 7) is 1.13. The Morgan fingerprint density at radius 1 is 1.35 bits per heavy atom. The third-order valence-corrected chi connectivity index (χ3v) is 5.23. The van der Waals surface area contributed by atoms with Crippen molar-refractivity contribution >= 4 is 17.8 Å². The first-order valence-electron chi connectivity index (χ1n) is 10.4. The number of halogens is 2. The van der Waals surface area contributed by atoms with Gasteiger partial charge in [0.1, 0.15) is 18.2 Å². The highest BCUT2D eigenvalue weighted by atomic mass is 19.1. The van der Waals surface area contributed by atoms with Gasteiger partial charge in [0, 0.05) is 48.4 Å². The highest BCUT2D eigenvalue weighted by molar-refractivity contribution is 5.96. The van der Waals surface area contributed by atoms with Crippen LogP contribution in [0.15, 0.2) is 42.6 Å². The average molecular weight is 463 g/mol. The van der Waals surface area contributed by atoms with E-state index in [1.165, 1.54) is 24.2 Å². The van der Waals surface area contributed by atoms with E-state index in [9.17, 15) is 9.18 Å². The summed E-state index contributed by atoms with van der Waals surface area (Å²) in [5.41, 5.74) is 7.89. The lowest BCUT2D eigenvalue weighted by molar-refractivity contribution is 0.0784. The zero-order chi connectivity index (χ0) is 24.8. The summed E-state index contributed by atoms with van der Waals surface area (Å²) in [5.74, 6) is -0.992. The van der Waals surface area contributed by atoms with E-state index >= 15 is 4.39 Å². The lowest BCUT2D eigenvalue weighted by Gasteiger charge is -2.21. The molecule has 34 heavy (non-hydrogen) atoms. The molecule has 0 aliphatic carbocycles. The number of nitrogen functional groups attached to an aromatic ring is 1. The van der Waals surface area contributed by atoms with Crippen molar-refractivity contribution in [3.8, 4) is 22.9 Å². The first kappa shape index (κ1) is 24.3. The van der Waals surface area contributed by atoms with Crippen LogP contribution in [0.5, 0.6) is 5.75 Å². The molecule has 0 saturated carbocycles. The fourth-order valence-corrected chi connectivity index (χ4v) is 3.56. The van der Waals surface area contributed by atoms with Crippen LogP contribution in [0.3, 0.4) is 0 Å². The van der Waals surface area contributed by atoms with E-state index in [-0.39, 0.29) is 47.0 Å². The van der Waals surface area contributed by atoms with Gasteiger partial charge in [0.25, 0.3) is 5.91 Å². The van der Waals surface area contributed by atoms with Crippen molar-refractivity contribution in [2.45, 2.75) is 20.1 Å². The molecule has 0 atom stereocenters. The molecule has 7 nitrogen and oxygen atoms in total. The number of anilines is 1. The molecule has 1 aromatic heterocycles. The predicted molar refractivity (Wildman–Crippen MR) is 125 cm³/mol. The fraction of sp³-hybridized carbons (Fsp3) is 0.200. The van der Waals surface area contributed by atoms with Gasteiger partial charge in [-0.05, 0) is 36.8 Å². The van der Waals surface area contributed by atoms with Gasteiger partial charge in [-0.1, -0.05) is 12.1 Å². The number of hydrogen-bond acceptors (Lipinski definition) is 6. The number of carbonyl (C=O) groups excluding carboxylic acids is 1. The first-order chi connectivity index (χ1) is 16.3. The average Bonchev–Trinajstić information content (AvgIpc) is 2.84. The van der Waals surface area contributed by atoms with Gasteiger partial charge in [0.2, 0.25) is 0 Å². The number of pyridine rings is 1. The van der Waals surface area contributed by atoms with Crippen LogP contribution >= 0.6 is 0 Å². The van der Waals surface area contributed by atoms with Gasteiger partial charge in [-0.15, -0.1) is 0 Å². The highest BCUT2D eigenvalue weighted by Crippen LogP contribution is 2.35. The molecular formula is C25H23F2N5O2. The van der Waals surface area contributed by atoms with Gasteiger partial charge >= 0.3 is 0 Å². The van der Waals surface area contributed by atoms with Gasteiger partial charge in [-0.3, -0.25) is 9.78 Å². The third-order valence-electron chi connectivity index (χ3n) is 5.23. The maximum absolute atomic E-state index is 15.2. The number of carbonyl (C=O) groups is 1. The number of benzene rings is 2. The molecule has 3 N–H and O–H groups in total. The molecule has 3 rings (SSSR count). The largest absolute Gasteiger partial charge is 0.493 e. The summed E-state index contributed by atoms with van der Waals surface area (Å²) in [5, 5.41) is 16.6. The van der Waals surface area contributed by atoms with Crippen molar-refractivity contribution in [1.82, 2.24) is 9.88 Å². The van der Waals surface area contributed by atoms with E-state index in [2.05, 4.69) is 4.98 Å². The zero-order valence-corrected chi connectivity index (χ0v) is 18.7.